The minimum atomic E-state index is -0.503. The predicted molar refractivity (Wildman–Crippen MR) is 78.8 cm³/mol. The van der Waals surface area contributed by atoms with Crippen molar-refractivity contribution >= 4 is 11.6 Å². The smallest absolute Gasteiger partial charge is 0.235 e. The Labute approximate surface area is 124 Å². The van der Waals surface area contributed by atoms with Gasteiger partial charge in [-0.2, -0.15) is 5.26 Å². The molecule has 2 N–H and O–H groups in total. The van der Waals surface area contributed by atoms with Crippen molar-refractivity contribution < 1.29 is 9.90 Å². The molecule has 3 rings (SSSR count). The summed E-state index contributed by atoms with van der Waals surface area (Å²) < 4.78 is 0. The second-order valence-electron chi connectivity index (χ2n) is 6.06. The number of nitriles is 1. The van der Waals surface area contributed by atoms with Crippen molar-refractivity contribution in [2.24, 2.45) is 0 Å². The Bertz CT molecular complexity index is 610. The Hall–Kier alpha value is -1.90. The third-order valence-corrected chi connectivity index (χ3v) is 4.58. The van der Waals surface area contributed by atoms with Crippen LogP contribution in [0.3, 0.4) is 0 Å². The lowest BCUT2D eigenvalue weighted by Crippen LogP contribution is -2.47. The van der Waals surface area contributed by atoms with Gasteiger partial charge in [0.2, 0.25) is 5.91 Å². The number of piperidine rings is 1. The molecule has 21 heavy (non-hydrogen) atoms. The highest BCUT2D eigenvalue weighted by atomic mass is 16.3. The van der Waals surface area contributed by atoms with Crippen LogP contribution in [0.2, 0.25) is 0 Å². The van der Waals surface area contributed by atoms with E-state index in [1.165, 1.54) is 0 Å². The molecule has 0 saturated carbocycles. The molecule has 1 saturated heterocycles. The first-order valence-electron chi connectivity index (χ1n) is 7.32. The van der Waals surface area contributed by atoms with Crippen molar-refractivity contribution in [2.75, 3.05) is 25.0 Å². The number of fused-ring (bicyclic) bond motifs is 2. The van der Waals surface area contributed by atoms with Crippen molar-refractivity contribution in [3.8, 4) is 6.07 Å². The number of amides is 1. The van der Waals surface area contributed by atoms with Crippen LogP contribution in [0.1, 0.15) is 30.9 Å². The number of carbonyl (C=O) groups is 1. The molecule has 1 amide bonds. The Morgan fingerprint density at radius 3 is 2.81 bits per heavy atom. The maximum absolute atomic E-state index is 12.5. The normalized spacial score (nSPS) is 21.7. The van der Waals surface area contributed by atoms with Crippen molar-refractivity contribution in [2.45, 2.75) is 31.3 Å². The van der Waals surface area contributed by atoms with Gasteiger partial charge < -0.3 is 15.3 Å². The molecule has 1 spiro atoms. The number of likely N-dealkylation sites (tertiary alicyclic amines) is 1. The van der Waals surface area contributed by atoms with Gasteiger partial charge in [0, 0.05) is 12.2 Å². The van der Waals surface area contributed by atoms with E-state index >= 15 is 0 Å². The van der Waals surface area contributed by atoms with Gasteiger partial charge in [-0.05, 0) is 56.6 Å². The van der Waals surface area contributed by atoms with Crippen LogP contribution in [0.25, 0.3) is 0 Å². The third-order valence-electron chi connectivity index (χ3n) is 4.58. The minimum Gasteiger partial charge on any atom is -0.392 e. The molecule has 1 atom stereocenters. The van der Waals surface area contributed by atoms with E-state index in [1.54, 1.807) is 13.0 Å². The first kappa shape index (κ1) is 14.1. The molecule has 0 aromatic heterocycles. The minimum absolute atomic E-state index is 0.0456. The van der Waals surface area contributed by atoms with Crippen LogP contribution >= 0.6 is 0 Å². The molecule has 2 aliphatic rings. The van der Waals surface area contributed by atoms with Crippen LogP contribution in [0.15, 0.2) is 18.2 Å². The first-order chi connectivity index (χ1) is 10.0. The quantitative estimate of drug-likeness (QED) is 0.856. The van der Waals surface area contributed by atoms with Gasteiger partial charge in [0.15, 0.2) is 0 Å². The number of β-amino-alcohol motifs (C(OH)–C–C–N with tert-alkyl or cyclic N) is 1. The summed E-state index contributed by atoms with van der Waals surface area (Å²) in [7, 11) is 0. The predicted octanol–water partition coefficient (Wildman–Crippen LogP) is 1.22. The molecule has 0 bridgehead atoms. The molecular weight excluding hydrogens is 266 g/mol. The van der Waals surface area contributed by atoms with Gasteiger partial charge in [-0.1, -0.05) is 0 Å². The van der Waals surface area contributed by atoms with Gasteiger partial charge in [-0.25, -0.2) is 0 Å². The summed E-state index contributed by atoms with van der Waals surface area (Å²) in [4.78, 5) is 14.7. The SMILES string of the molecule is C[C@@H](O)CN1CCC2(CC1)C(=O)Nc1ccc(C#N)cc12. The number of aliphatic hydroxyl groups is 1. The van der Waals surface area contributed by atoms with Gasteiger partial charge >= 0.3 is 0 Å². The van der Waals surface area contributed by atoms with Crippen molar-refractivity contribution in [3.05, 3.63) is 29.3 Å². The number of hydrogen-bond donors (Lipinski definition) is 2. The third kappa shape index (κ3) is 2.31. The highest BCUT2D eigenvalue weighted by Crippen LogP contribution is 2.45. The molecule has 5 heteroatoms. The number of aliphatic hydroxyl groups excluding tert-OH is 1. The molecular formula is C16H19N3O2. The molecule has 1 fully saturated rings. The van der Waals surface area contributed by atoms with E-state index in [0.717, 1.165) is 37.2 Å². The van der Waals surface area contributed by atoms with Gasteiger partial charge in [0.05, 0.1) is 23.2 Å². The first-order valence-corrected chi connectivity index (χ1v) is 7.32. The second kappa shape index (κ2) is 5.14. The van der Waals surface area contributed by atoms with E-state index in [2.05, 4.69) is 16.3 Å². The number of nitrogens with zero attached hydrogens (tertiary/aromatic N) is 2. The zero-order chi connectivity index (χ0) is 15.0. The summed E-state index contributed by atoms with van der Waals surface area (Å²) in [5, 5.41) is 21.5. The van der Waals surface area contributed by atoms with Gasteiger partial charge in [0.25, 0.3) is 0 Å². The maximum atomic E-state index is 12.5. The van der Waals surface area contributed by atoms with Crippen molar-refractivity contribution in [1.29, 1.82) is 5.26 Å². The summed E-state index contributed by atoms with van der Waals surface area (Å²) in [6.45, 7) is 3.99. The number of carbonyl (C=O) groups excluding carboxylic acids is 1. The Morgan fingerprint density at radius 1 is 1.48 bits per heavy atom. The van der Waals surface area contributed by atoms with Crippen LogP contribution in [-0.2, 0) is 10.2 Å². The highest BCUT2D eigenvalue weighted by Gasteiger charge is 2.48. The van der Waals surface area contributed by atoms with Crippen LogP contribution in [0.5, 0.6) is 0 Å². The molecule has 5 nitrogen and oxygen atoms in total. The zero-order valence-corrected chi connectivity index (χ0v) is 12.1. The van der Waals surface area contributed by atoms with Gasteiger partial charge in [-0.15, -0.1) is 0 Å². The molecule has 1 aromatic carbocycles. The van der Waals surface area contributed by atoms with Gasteiger partial charge in [0.1, 0.15) is 0 Å². The fourth-order valence-electron chi connectivity index (χ4n) is 3.47. The molecule has 110 valence electrons. The summed E-state index contributed by atoms with van der Waals surface area (Å²) >= 11 is 0. The Kier molecular flexibility index (Phi) is 3.44. The van der Waals surface area contributed by atoms with E-state index < -0.39 is 5.41 Å². The maximum Gasteiger partial charge on any atom is 0.235 e. The van der Waals surface area contributed by atoms with E-state index in [1.807, 2.05) is 12.1 Å². The summed E-state index contributed by atoms with van der Waals surface area (Å²) in [6, 6.07) is 7.55. The lowest BCUT2D eigenvalue weighted by molar-refractivity contribution is -0.122. The molecule has 0 aliphatic carbocycles. The van der Waals surface area contributed by atoms with E-state index in [-0.39, 0.29) is 12.0 Å². The molecule has 0 unspecified atom stereocenters. The fraction of sp³-hybridized carbons (Fsp3) is 0.500. The largest absolute Gasteiger partial charge is 0.392 e. The summed E-state index contributed by atoms with van der Waals surface area (Å²) in [6.07, 6.45) is 1.11. The number of nitrogens with one attached hydrogen (secondary N) is 1. The van der Waals surface area contributed by atoms with E-state index in [4.69, 9.17) is 5.26 Å². The monoisotopic (exact) mass is 285 g/mol. The van der Waals surface area contributed by atoms with Crippen molar-refractivity contribution in [1.82, 2.24) is 4.90 Å². The highest BCUT2D eigenvalue weighted by molar-refractivity contribution is 6.06. The average Bonchev–Trinajstić information content (AvgIpc) is 2.73. The molecule has 1 aromatic rings. The zero-order valence-electron chi connectivity index (χ0n) is 12.1. The molecule has 0 radical (unpaired) electrons. The number of benzene rings is 1. The lowest BCUT2D eigenvalue weighted by Gasteiger charge is -2.38. The van der Waals surface area contributed by atoms with E-state index in [0.29, 0.717) is 12.1 Å². The summed E-state index contributed by atoms with van der Waals surface area (Å²) in [5.74, 6) is 0.0456. The van der Waals surface area contributed by atoms with Crippen molar-refractivity contribution in [3.63, 3.8) is 0 Å². The fourth-order valence-corrected chi connectivity index (χ4v) is 3.47. The topological polar surface area (TPSA) is 76.4 Å². The lowest BCUT2D eigenvalue weighted by atomic mass is 9.73. The van der Waals surface area contributed by atoms with Crippen LogP contribution in [0.4, 0.5) is 5.69 Å². The molecule has 2 aliphatic heterocycles. The summed E-state index contributed by atoms with van der Waals surface area (Å²) in [5.41, 5.74) is 1.89. The number of rotatable bonds is 2. The number of hydrogen-bond acceptors (Lipinski definition) is 4. The average molecular weight is 285 g/mol. The second-order valence-corrected chi connectivity index (χ2v) is 6.06. The van der Waals surface area contributed by atoms with Crippen LogP contribution in [0, 0.1) is 11.3 Å². The number of anilines is 1. The van der Waals surface area contributed by atoms with E-state index in [9.17, 15) is 9.90 Å². The standard InChI is InChI=1S/C16H19N3O2/c1-11(20)10-19-6-4-16(5-7-19)13-8-12(9-17)2-3-14(13)18-15(16)21/h2-3,8,11,20H,4-7,10H2,1H3,(H,18,21)/t11-/m1/s1. The Morgan fingerprint density at radius 2 is 2.19 bits per heavy atom. The van der Waals surface area contributed by atoms with Crippen LogP contribution < -0.4 is 5.32 Å². The van der Waals surface area contributed by atoms with Crippen LogP contribution in [-0.4, -0.2) is 41.7 Å². The van der Waals surface area contributed by atoms with Gasteiger partial charge in [-0.3, -0.25) is 4.79 Å². The molecule has 2 heterocycles. The Balaban J connectivity index is 1.87.